The van der Waals surface area contributed by atoms with Gasteiger partial charge in [0.05, 0.1) is 18.5 Å². The van der Waals surface area contributed by atoms with Crippen molar-refractivity contribution >= 4 is 34.4 Å². The number of imide groups is 1. The number of amides is 4. The number of nitrogens with one attached hydrogen (secondary N) is 2. The summed E-state index contributed by atoms with van der Waals surface area (Å²) in [6, 6.07) is 11.8. The molecule has 0 bridgehead atoms. The summed E-state index contributed by atoms with van der Waals surface area (Å²) in [6.45, 7) is 6.15. The van der Waals surface area contributed by atoms with Crippen molar-refractivity contribution in [3.05, 3.63) is 71.9 Å². The van der Waals surface area contributed by atoms with Crippen LogP contribution in [-0.4, -0.2) is 47.9 Å². The number of methoxy groups -OCH3 is 1. The first-order chi connectivity index (χ1) is 15.9. The molecule has 3 heterocycles. The normalized spacial score (nSPS) is 19.5. The summed E-state index contributed by atoms with van der Waals surface area (Å²) in [6.07, 6.45) is 2.23. The van der Waals surface area contributed by atoms with Crippen molar-refractivity contribution in [3.8, 4) is 5.75 Å². The number of anilines is 1. The van der Waals surface area contributed by atoms with Crippen molar-refractivity contribution < 1.29 is 19.1 Å². The summed E-state index contributed by atoms with van der Waals surface area (Å²) >= 11 is 0. The number of aromatic nitrogens is 1. The van der Waals surface area contributed by atoms with E-state index in [1.54, 1.807) is 49.3 Å². The summed E-state index contributed by atoms with van der Waals surface area (Å²) in [5.74, 6) is 0.170. The Bertz CT molecular complexity index is 1310. The van der Waals surface area contributed by atoms with E-state index in [-0.39, 0.29) is 17.8 Å². The lowest BCUT2D eigenvalue weighted by atomic mass is 9.87. The Labute approximate surface area is 190 Å². The van der Waals surface area contributed by atoms with Crippen LogP contribution in [0.25, 0.3) is 10.9 Å². The molecule has 3 aromatic rings. The van der Waals surface area contributed by atoms with Crippen LogP contribution in [0.1, 0.15) is 28.5 Å². The third-order valence-corrected chi connectivity index (χ3v) is 6.56. The lowest BCUT2D eigenvalue weighted by molar-refractivity contribution is -0.125. The Kier molecular flexibility index (Phi) is 4.74. The summed E-state index contributed by atoms with van der Waals surface area (Å²) in [7, 11) is 1.62. The van der Waals surface area contributed by atoms with Crippen molar-refractivity contribution in [1.82, 2.24) is 15.2 Å². The molecule has 8 heteroatoms. The molecule has 1 saturated heterocycles. The van der Waals surface area contributed by atoms with Gasteiger partial charge in [0.2, 0.25) is 0 Å². The molecular formula is C25H24N4O4. The number of hydrogen-bond donors (Lipinski definition) is 2. The molecule has 4 amide bonds. The van der Waals surface area contributed by atoms with Gasteiger partial charge in [0.1, 0.15) is 5.75 Å². The average Bonchev–Trinajstić information content (AvgIpc) is 3.30. The summed E-state index contributed by atoms with van der Waals surface area (Å²) in [5, 5.41) is 3.71. The minimum absolute atomic E-state index is 0.247. The fourth-order valence-corrected chi connectivity index (χ4v) is 4.80. The monoisotopic (exact) mass is 444 g/mol. The van der Waals surface area contributed by atoms with E-state index in [1.807, 2.05) is 18.2 Å². The highest BCUT2D eigenvalue weighted by Gasteiger charge is 2.59. The van der Waals surface area contributed by atoms with Crippen molar-refractivity contribution in [2.75, 3.05) is 25.1 Å². The van der Waals surface area contributed by atoms with Crippen LogP contribution in [0, 0.1) is 0 Å². The molecule has 5 rings (SSSR count). The molecule has 8 nitrogen and oxygen atoms in total. The molecule has 0 aliphatic carbocycles. The highest BCUT2D eigenvalue weighted by Crippen LogP contribution is 2.45. The van der Waals surface area contributed by atoms with Crippen LogP contribution >= 0.6 is 0 Å². The van der Waals surface area contributed by atoms with Gasteiger partial charge >= 0.3 is 6.03 Å². The van der Waals surface area contributed by atoms with Crippen molar-refractivity contribution in [1.29, 1.82) is 0 Å². The SMILES string of the molecule is C=CCNC(=O)c1ccc(N2C(=O)N3CCc4c([nH]c5ccc(OC)cc45)C3(C)C2=O)cc1. The standard InChI is InChI=1S/C25H24N4O4/c1-4-12-26-22(30)15-5-7-16(8-6-15)29-23(31)25(2)21-18(11-13-28(25)24(29)32)19-14-17(33-3)9-10-20(19)27-21/h4-10,14,27H,1,11-13H2,2-3H3,(H,26,30). The van der Waals surface area contributed by atoms with Gasteiger partial charge in [-0.3, -0.25) is 9.59 Å². The van der Waals surface area contributed by atoms with Gasteiger partial charge in [0, 0.05) is 29.6 Å². The Morgan fingerprint density at radius 1 is 1.24 bits per heavy atom. The van der Waals surface area contributed by atoms with E-state index in [1.165, 1.54) is 4.90 Å². The molecule has 0 radical (unpaired) electrons. The van der Waals surface area contributed by atoms with E-state index >= 15 is 0 Å². The van der Waals surface area contributed by atoms with Crippen LogP contribution in [0.2, 0.25) is 0 Å². The van der Waals surface area contributed by atoms with E-state index < -0.39 is 5.54 Å². The molecule has 0 saturated carbocycles. The number of carbonyl (C=O) groups is 3. The summed E-state index contributed by atoms with van der Waals surface area (Å²) in [4.78, 5) is 45.4. The zero-order valence-electron chi connectivity index (χ0n) is 18.5. The van der Waals surface area contributed by atoms with Gasteiger partial charge in [0.15, 0.2) is 5.54 Å². The number of H-pyrrole nitrogens is 1. The Balaban J connectivity index is 1.52. The number of hydrogen-bond acceptors (Lipinski definition) is 4. The van der Waals surface area contributed by atoms with Crippen LogP contribution in [0.15, 0.2) is 55.1 Å². The Morgan fingerprint density at radius 2 is 2.00 bits per heavy atom. The molecule has 0 spiro atoms. The molecule has 1 fully saturated rings. The van der Waals surface area contributed by atoms with Crippen LogP contribution in [0.5, 0.6) is 5.75 Å². The first-order valence-corrected chi connectivity index (χ1v) is 10.7. The average molecular weight is 444 g/mol. The molecule has 168 valence electrons. The van der Waals surface area contributed by atoms with E-state index in [0.717, 1.165) is 27.9 Å². The summed E-state index contributed by atoms with van der Waals surface area (Å²) < 4.78 is 5.37. The maximum Gasteiger partial charge on any atom is 0.332 e. The molecule has 2 aliphatic heterocycles. The molecule has 1 atom stereocenters. The largest absolute Gasteiger partial charge is 0.497 e. The fourth-order valence-electron chi connectivity index (χ4n) is 4.80. The summed E-state index contributed by atoms with van der Waals surface area (Å²) in [5.41, 5.74) is 2.39. The number of aromatic amines is 1. The zero-order chi connectivity index (χ0) is 23.3. The second-order valence-electron chi connectivity index (χ2n) is 8.33. The number of rotatable bonds is 5. The molecule has 2 N–H and O–H groups in total. The van der Waals surface area contributed by atoms with E-state index in [0.29, 0.717) is 30.8 Å². The molecule has 2 aliphatic rings. The fraction of sp³-hybridized carbons (Fsp3) is 0.240. The quantitative estimate of drug-likeness (QED) is 0.466. The van der Waals surface area contributed by atoms with E-state index in [9.17, 15) is 14.4 Å². The zero-order valence-corrected chi connectivity index (χ0v) is 18.5. The van der Waals surface area contributed by atoms with E-state index in [2.05, 4.69) is 16.9 Å². The minimum Gasteiger partial charge on any atom is -0.497 e. The first-order valence-electron chi connectivity index (χ1n) is 10.7. The third-order valence-electron chi connectivity index (χ3n) is 6.56. The van der Waals surface area contributed by atoms with Gasteiger partial charge in [-0.1, -0.05) is 6.08 Å². The van der Waals surface area contributed by atoms with Gasteiger partial charge < -0.3 is 19.9 Å². The number of ether oxygens (including phenoxy) is 1. The minimum atomic E-state index is -1.14. The predicted octanol–water partition coefficient (Wildman–Crippen LogP) is 3.33. The second kappa shape index (κ2) is 7.51. The maximum absolute atomic E-state index is 13.7. The lowest BCUT2D eigenvalue weighted by Gasteiger charge is -2.35. The van der Waals surface area contributed by atoms with Crippen molar-refractivity contribution in [2.24, 2.45) is 0 Å². The van der Waals surface area contributed by atoms with Crippen LogP contribution < -0.4 is 15.0 Å². The molecular weight excluding hydrogens is 420 g/mol. The first kappa shape index (κ1) is 20.8. The van der Waals surface area contributed by atoms with Crippen LogP contribution in [0.4, 0.5) is 10.5 Å². The lowest BCUT2D eigenvalue weighted by Crippen LogP contribution is -2.49. The van der Waals surface area contributed by atoms with Gasteiger partial charge in [-0.05, 0) is 61.4 Å². The number of benzene rings is 2. The predicted molar refractivity (Wildman–Crippen MR) is 124 cm³/mol. The van der Waals surface area contributed by atoms with Gasteiger partial charge in [-0.2, -0.15) is 0 Å². The maximum atomic E-state index is 13.7. The smallest absolute Gasteiger partial charge is 0.332 e. The highest BCUT2D eigenvalue weighted by atomic mass is 16.5. The van der Waals surface area contributed by atoms with Gasteiger partial charge in [0.25, 0.3) is 11.8 Å². The van der Waals surface area contributed by atoms with Crippen LogP contribution in [0.3, 0.4) is 0 Å². The second-order valence-corrected chi connectivity index (χ2v) is 8.33. The number of carbonyl (C=O) groups excluding carboxylic acids is 3. The van der Waals surface area contributed by atoms with Crippen LogP contribution in [-0.2, 0) is 16.8 Å². The number of nitrogens with zero attached hydrogens (tertiary/aromatic N) is 2. The van der Waals surface area contributed by atoms with Gasteiger partial charge in [-0.25, -0.2) is 9.69 Å². The number of fused-ring (bicyclic) bond motifs is 5. The molecule has 1 aromatic heterocycles. The molecule has 1 unspecified atom stereocenters. The molecule has 2 aromatic carbocycles. The van der Waals surface area contributed by atoms with Crippen molar-refractivity contribution in [3.63, 3.8) is 0 Å². The highest BCUT2D eigenvalue weighted by molar-refractivity contribution is 6.23. The van der Waals surface area contributed by atoms with E-state index in [4.69, 9.17) is 4.74 Å². The number of urea groups is 1. The molecule has 33 heavy (non-hydrogen) atoms. The van der Waals surface area contributed by atoms with Gasteiger partial charge in [-0.15, -0.1) is 6.58 Å². The Morgan fingerprint density at radius 3 is 2.70 bits per heavy atom. The van der Waals surface area contributed by atoms with Crippen molar-refractivity contribution in [2.45, 2.75) is 18.9 Å². The topological polar surface area (TPSA) is 94.7 Å². The Hall–Kier alpha value is -4.07. The third kappa shape index (κ3) is 2.94.